The molecule has 0 aromatic carbocycles. The summed E-state index contributed by atoms with van der Waals surface area (Å²) >= 11 is 0. The number of nitrogens with one attached hydrogen (secondary N) is 1. The Morgan fingerprint density at radius 3 is 2.53 bits per heavy atom. The fraction of sp³-hybridized carbons (Fsp3) is 0.727. The zero-order chi connectivity index (χ0) is 13.7. The highest BCUT2D eigenvalue weighted by molar-refractivity contribution is 7.92. The van der Waals surface area contributed by atoms with Crippen molar-refractivity contribution in [1.82, 2.24) is 0 Å². The van der Waals surface area contributed by atoms with Crippen LogP contribution in [0, 0.1) is 22.5 Å². The third-order valence-corrected chi connectivity index (χ3v) is 4.28. The molecule has 0 aliphatic carbocycles. The normalized spacial score (nSPS) is 16.8. The fourth-order valence-corrected chi connectivity index (χ4v) is 2.71. The summed E-state index contributed by atoms with van der Waals surface area (Å²) in [7, 11) is -2.79. The van der Waals surface area contributed by atoms with Crippen LogP contribution >= 0.6 is 0 Å². The van der Waals surface area contributed by atoms with Crippen LogP contribution in [-0.2, 0) is 14.5 Å². The van der Waals surface area contributed by atoms with Crippen LogP contribution in [-0.4, -0.2) is 32.8 Å². The van der Waals surface area contributed by atoms with E-state index in [1.54, 1.807) is 0 Å². The van der Waals surface area contributed by atoms with E-state index in [1.807, 2.05) is 13.8 Å². The molecule has 98 valence electrons. The van der Waals surface area contributed by atoms with Gasteiger partial charge in [-0.25, -0.2) is 4.21 Å². The van der Waals surface area contributed by atoms with Gasteiger partial charge in [-0.15, -0.1) is 12.3 Å². The average Bonchev–Trinajstić information content (AvgIpc) is 2.23. The van der Waals surface area contributed by atoms with Crippen molar-refractivity contribution in [3.63, 3.8) is 0 Å². The predicted molar refractivity (Wildman–Crippen MR) is 68.1 cm³/mol. The van der Waals surface area contributed by atoms with Gasteiger partial charge < -0.3 is 10.8 Å². The van der Waals surface area contributed by atoms with Crippen molar-refractivity contribution < 1.29 is 14.1 Å². The molecular formula is C11H20N2O3S. The highest BCUT2D eigenvalue weighted by Gasteiger charge is 2.19. The van der Waals surface area contributed by atoms with Crippen LogP contribution in [0.5, 0.6) is 0 Å². The summed E-state index contributed by atoms with van der Waals surface area (Å²) in [4.78, 5) is 10.5. The SMILES string of the molecule is C#CC(C)(C)CCS(=N)(=O)CC[C@H](N)C(=O)O. The number of rotatable bonds is 7. The largest absolute Gasteiger partial charge is 0.480 e. The standard InChI is InChI=1S/C11H20N2O3S/c1-4-11(2,3)6-8-17(13,16)7-5-9(12)10(14)15/h1,9,13H,5-8,12H2,2-3H3,(H,14,15)/t9-,17?/m0/s1. The van der Waals surface area contributed by atoms with E-state index in [-0.39, 0.29) is 17.9 Å². The van der Waals surface area contributed by atoms with Crippen molar-refractivity contribution in [3.8, 4) is 12.3 Å². The second-order valence-electron chi connectivity index (χ2n) is 4.73. The predicted octanol–water partition coefficient (Wildman–Crippen LogP) is 0.885. The molecule has 2 atom stereocenters. The first-order valence-electron chi connectivity index (χ1n) is 5.30. The minimum atomic E-state index is -2.79. The monoisotopic (exact) mass is 260 g/mol. The zero-order valence-corrected chi connectivity index (χ0v) is 11.0. The van der Waals surface area contributed by atoms with Crippen LogP contribution in [0.1, 0.15) is 26.7 Å². The third-order valence-electron chi connectivity index (χ3n) is 2.52. The van der Waals surface area contributed by atoms with Crippen molar-refractivity contribution in [1.29, 1.82) is 4.78 Å². The Labute approximate surface area is 103 Å². The fourth-order valence-electron chi connectivity index (χ4n) is 1.04. The van der Waals surface area contributed by atoms with Gasteiger partial charge in [0.15, 0.2) is 0 Å². The smallest absolute Gasteiger partial charge is 0.320 e. The van der Waals surface area contributed by atoms with Gasteiger partial charge in [0.2, 0.25) is 0 Å². The molecule has 0 saturated heterocycles. The first kappa shape index (κ1) is 15.9. The molecular weight excluding hydrogens is 240 g/mol. The molecule has 0 aliphatic heterocycles. The zero-order valence-electron chi connectivity index (χ0n) is 10.2. The average molecular weight is 260 g/mol. The van der Waals surface area contributed by atoms with Gasteiger partial charge in [-0.2, -0.15) is 0 Å². The molecule has 0 saturated carbocycles. The molecule has 0 radical (unpaired) electrons. The molecule has 5 nitrogen and oxygen atoms in total. The van der Waals surface area contributed by atoms with E-state index in [9.17, 15) is 9.00 Å². The molecule has 0 heterocycles. The number of carbonyl (C=O) groups is 1. The number of nitrogens with two attached hydrogens (primary N) is 1. The van der Waals surface area contributed by atoms with Crippen LogP contribution in [0.2, 0.25) is 0 Å². The maximum Gasteiger partial charge on any atom is 0.320 e. The lowest BCUT2D eigenvalue weighted by atomic mass is 9.92. The summed E-state index contributed by atoms with van der Waals surface area (Å²) in [5.74, 6) is 1.61. The summed E-state index contributed by atoms with van der Waals surface area (Å²) in [6.45, 7) is 3.68. The molecule has 17 heavy (non-hydrogen) atoms. The summed E-state index contributed by atoms with van der Waals surface area (Å²) in [6.07, 6.45) is 5.83. The van der Waals surface area contributed by atoms with Crippen molar-refractivity contribution in [2.75, 3.05) is 11.5 Å². The van der Waals surface area contributed by atoms with E-state index in [0.29, 0.717) is 6.42 Å². The van der Waals surface area contributed by atoms with Gasteiger partial charge in [0.25, 0.3) is 0 Å². The second-order valence-corrected chi connectivity index (χ2v) is 7.17. The van der Waals surface area contributed by atoms with Gasteiger partial charge in [-0.1, -0.05) is 0 Å². The lowest BCUT2D eigenvalue weighted by Gasteiger charge is -2.18. The number of aliphatic carboxylic acids is 1. The van der Waals surface area contributed by atoms with E-state index in [0.717, 1.165) is 0 Å². The highest BCUT2D eigenvalue weighted by atomic mass is 32.2. The lowest BCUT2D eigenvalue weighted by Crippen LogP contribution is -2.32. The Hall–Kier alpha value is -1.06. The van der Waals surface area contributed by atoms with E-state index in [2.05, 4.69) is 5.92 Å². The number of hydrogen-bond acceptors (Lipinski definition) is 4. The second kappa shape index (κ2) is 6.03. The van der Waals surface area contributed by atoms with E-state index in [1.165, 1.54) is 0 Å². The maximum atomic E-state index is 11.8. The first-order chi connectivity index (χ1) is 7.59. The Balaban J connectivity index is 4.24. The van der Waals surface area contributed by atoms with Crippen LogP contribution in [0.3, 0.4) is 0 Å². The molecule has 1 unspecified atom stereocenters. The van der Waals surface area contributed by atoms with Gasteiger partial charge in [0, 0.05) is 26.6 Å². The van der Waals surface area contributed by atoms with Gasteiger partial charge in [-0.05, 0) is 26.7 Å². The van der Waals surface area contributed by atoms with E-state index < -0.39 is 27.2 Å². The van der Waals surface area contributed by atoms with Crippen LogP contribution in [0.4, 0.5) is 0 Å². The summed E-state index contributed by atoms with van der Waals surface area (Å²) in [5, 5.41) is 8.57. The van der Waals surface area contributed by atoms with Crippen LogP contribution in [0.25, 0.3) is 0 Å². The molecule has 0 aliphatic rings. The highest BCUT2D eigenvalue weighted by Crippen LogP contribution is 2.20. The summed E-state index contributed by atoms with van der Waals surface area (Å²) in [6, 6.07) is -1.05. The Morgan fingerprint density at radius 2 is 2.12 bits per heavy atom. The van der Waals surface area contributed by atoms with E-state index >= 15 is 0 Å². The Bertz CT molecular complexity index is 407. The molecule has 0 bridgehead atoms. The molecule has 0 spiro atoms. The van der Waals surface area contributed by atoms with Crippen molar-refractivity contribution in [2.24, 2.45) is 11.1 Å². The Kier molecular flexibility index (Phi) is 5.66. The molecule has 0 aromatic heterocycles. The van der Waals surface area contributed by atoms with Crippen LogP contribution < -0.4 is 5.73 Å². The molecule has 0 aromatic rings. The number of carboxylic acids is 1. The Morgan fingerprint density at radius 1 is 1.59 bits per heavy atom. The van der Waals surface area contributed by atoms with Crippen molar-refractivity contribution in [3.05, 3.63) is 0 Å². The van der Waals surface area contributed by atoms with Gasteiger partial charge in [0.1, 0.15) is 6.04 Å². The third kappa shape index (κ3) is 6.97. The number of hydrogen-bond donors (Lipinski definition) is 3. The minimum Gasteiger partial charge on any atom is -0.480 e. The molecule has 0 amide bonds. The number of terminal acetylenes is 1. The van der Waals surface area contributed by atoms with E-state index in [4.69, 9.17) is 22.0 Å². The number of carboxylic acid groups (broad SMARTS) is 1. The first-order valence-corrected chi connectivity index (χ1v) is 7.19. The molecule has 4 N–H and O–H groups in total. The maximum absolute atomic E-state index is 11.8. The molecule has 6 heteroatoms. The molecule has 0 fully saturated rings. The van der Waals surface area contributed by atoms with Gasteiger partial charge in [-0.3, -0.25) is 9.57 Å². The molecule has 0 rings (SSSR count). The topological polar surface area (TPSA) is 104 Å². The van der Waals surface area contributed by atoms with Gasteiger partial charge >= 0.3 is 5.97 Å². The van der Waals surface area contributed by atoms with Gasteiger partial charge in [0.05, 0.1) is 0 Å². The van der Waals surface area contributed by atoms with Crippen molar-refractivity contribution >= 4 is 15.7 Å². The minimum absolute atomic E-state index is 0.00111. The lowest BCUT2D eigenvalue weighted by molar-refractivity contribution is -0.138. The summed E-state index contributed by atoms with van der Waals surface area (Å²) in [5.41, 5.74) is 4.90. The summed E-state index contributed by atoms with van der Waals surface area (Å²) < 4.78 is 19.5. The quantitative estimate of drug-likeness (QED) is 0.591. The van der Waals surface area contributed by atoms with Crippen molar-refractivity contribution in [2.45, 2.75) is 32.7 Å². The van der Waals surface area contributed by atoms with Crippen LogP contribution in [0.15, 0.2) is 0 Å².